The van der Waals surface area contributed by atoms with Crippen LogP contribution in [0.15, 0.2) is 48.7 Å². The summed E-state index contributed by atoms with van der Waals surface area (Å²) in [7, 11) is 0. The Morgan fingerprint density at radius 2 is 1.73 bits per heavy atom. The zero-order valence-electron chi connectivity index (χ0n) is 15.0. The third kappa shape index (κ3) is 3.63. The number of H-pyrrole nitrogens is 1. The van der Waals surface area contributed by atoms with E-state index in [2.05, 4.69) is 43.3 Å². The number of hydrogen-bond acceptors (Lipinski definition) is 1. The quantitative estimate of drug-likeness (QED) is 0.515. The Morgan fingerprint density at radius 3 is 2.31 bits per heavy atom. The molecule has 0 radical (unpaired) electrons. The van der Waals surface area contributed by atoms with Crippen LogP contribution in [0.5, 0.6) is 0 Å². The summed E-state index contributed by atoms with van der Waals surface area (Å²) in [6.07, 6.45) is -0.224. The van der Waals surface area contributed by atoms with Gasteiger partial charge >= 0.3 is 6.18 Å². The molecule has 0 aliphatic heterocycles. The first kappa shape index (κ1) is 18.9. The number of fused-ring (bicyclic) bond motifs is 1. The maximum absolute atomic E-state index is 12.9. The smallest absolute Gasteiger partial charge is 0.361 e. The van der Waals surface area contributed by atoms with Crippen molar-refractivity contribution < 1.29 is 13.2 Å². The second-order valence-electron chi connectivity index (χ2n) is 6.86. The Labute approximate surface area is 156 Å². The van der Waals surface area contributed by atoms with Crippen LogP contribution in [0.25, 0.3) is 10.9 Å². The van der Waals surface area contributed by atoms with Crippen molar-refractivity contribution in [2.24, 2.45) is 5.92 Å². The average Bonchev–Trinajstić information content (AvgIpc) is 3.00. The summed E-state index contributed by atoms with van der Waals surface area (Å²) in [5.74, 6) is 1.22. The molecule has 0 aliphatic rings. The molecule has 0 fully saturated rings. The van der Waals surface area contributed by atoms with Crippen molar-refractivity contribution in [1.29, 1.82) is 0 Å². The van der Waals surface area contributed by atoms with Gasteiger partial charge in [0, 0.05) is 28.8 Å². The molecule has 0 spiro atoms. The number of thioether (sulfide) groups is 1. The molecule has 0 saturated carbocycles. The minimum absolute atomic E-state index is 0.0376. The lowest BCUT2D eigenvalue weighted by molar-refractivity contribution is -0.137. The van der Waals surface area contributed by atoms with Crippen molar-refractivity contribution in [2.75, 3.05) is 6.26 Å². The van der Waals surface area contributed by atoms with Crippen LogP contribution in [0.1, 0.15) is 42.0 Å². The topological polar surface area (TPSA) is 15.8 Å². The van der Waals surface area contributed by atoms with E-state index >= 15 is 0 Å². The van der Waals surface area contributed by atoms with E-state index in [0.717, 1.165) is 27.8 Å². The van der Waals surface area contributed by atoms with Gasteiger partial charge in [-0.3, -0.25) is 0 Å². The first-order chi connectivity index (χ1) is 12.3. The number of hydrogen-bond donors (Lipinski definition) is 1. The van der Waals surface area contributed by atoms with Crippen LogP contribution >= 0.6 is 11.8 Å². The zero-order valence-corrected chi connectivity index (χ0v) is 15.8. The van der Waals surface area contributed by atoms with Crippen LogP contribution in [-0.2, 0) is 11.9 Å². The summed E-state index contributed by atoms with van der Waals surface area (Å²) in [6, 6.07) is 11.8. The molecular formula is C21H22F3NS. The van der Waals surface area contributed by atoms with Crippen LogP contribution in [0, 0.1) is 5.92 Å². The Bertz CT molecular complexity index is 878. The highest BCUT2D eigenvalue weighted by molar-refractivity contribution is 7.97. The predicted molar refractivity (Wildman–Crippen MR) is 104 cm³/mol. The van der Waals surface area contributed by atoms with Gasteiger partial charge in [0.05, 0.1) is 5.56 Å². The summed E-state index contributed by atoms with van der Waals surface area (Å²) in [5.41, 5.74) is 3.80. The van der Waals surface area contributed by atoms with Crippen LogP contribution in [0.4, 0.5) is 13.2 Å². The molecule has 0 bridgehead atoms. The number of para-hydroxylation sites is 1. The molecule has 3 aromatic rings. The second-order valence-corrected chi connectivity index (χ2v) is 7.72. The van der Waals surface area contributed by atoms with Gasteiger partial charge in [-0.15, -0.1) is 0 Å². The molecule has 1 N–H and O–H groups in total. The number of benzene rings is 2. The molecular weight excluding hydrogens is 355 g/mol. The van der Waals surface area contributed by atoms with Gasteiger partial charge < -0.3 is 4.98 Å². The van der Waals surface area contributed by atoms with E-state index in [1.807, 2.05) is 6.20 Å². The van der Waals surface area contributed by atoms with Gasteiger partial charge in [0.15, 0.2) is 0 Å². The first-order valence-electron chi connectivity index (χ1n) is 8.58. The Morgan fingerprint density at radius 1 is 1.04 bits per heavy atom. The molecule has 0 saturated heterocycles. The van der Waals surface area contributed by atoms with Crippen molar-refractivity contribution in [3.8, 4) is 0 Å². The van der Waals surface area contributed by atoms with Gasteiger partial charge in [-0.05, 0) is 41.0 Å². The molecule has 1 aromatic heterocycles. The molecule has 0 aliphatic carbocycles. The molecule has 0 amide bonds. The molecule has 1 nitrogen and oxygen atoms in total. The standard InChI is InChI=1S/C21H22F3NS/c1-13(2)19(14-7-9-16(10-8-14)21(22,23)24)18-11-25-20-15(12-26-3)5-4-6-17(18)20/h4-11,13,19,25H,12H2,1-3H3. The van der Waals surface area contributed by atoms with E-state index in [1.54, 1.807) is 23.9 Å². The number of halogens is 3. The van der Waals surface area contributed by atoms with Crippen LogP contribution in [0.2, 0.25) is 0 Å². The van der Waals surface area contributed by atoms with Gasteiger partial charge in [-0.25, -0.2) is 0 Å². The van der Waals surface area contributed by atoms with E-state index in [-0.39, 0.29) is 11.8 Å². The normalized spacial score (nSPS) is 13.5. The lowest BCUT2D eigenvalue weighted by Crippen LogP contribution is -2.10. The summed E-state index contributed by atoms with van der Waals surface area (Å²) < 4.78 is 38.6. The fourth-order valence-corrected chi connectivity index (χ4v) is 4.13. The van der Waals surface area contributed by atoms with E-state index in [1.165, 1.54) is 17.7 Å². The van der Waals surface area contributed by atoms with Gasteiger partial charge in [-0.1, -0.05) is 44.2 Å². The number of nitrogens with one attached hydrogen (secondary N) is 1. The van der Waals surface area contributed by atoms with Crippen molar-refractivity contribution in [3.63, 3.8) is 0 Å². The van der Waals surface area contributed by atoms with Gasteiger partial charge in [0.25, 0.3) is 0 Å². The highest BCUT2D eigenvalue weighted by Crippen LogP contribution is 2.38. The van der Waals surface area contributed by atoms with E-state index < -0.39 is 11.7 Å². The zero-order chi connectivity index (χ0) is 18.9. The molecule has 5 heteroatoms. The van der Waals surface area contributed by atoms with E-state index in [4.69, 9.17) is 0 Å². The fourth-order valence-electron chi connectivity index (χ4n) is 3.57. The van der Waals surface area contributed by atoms with Gasteiger partial charge in [-0.2, -0.15) is 24.9 Å². The SMILES string of the molecule is CSCc1cccc2c(C(c3ccc(C(F)(F)F)cc3)C(C)C)c[nH]c12. The molecule has 1 heterocycles. The largest absolute Gasteiger partial charge is 0.416 e. The molecule has 1 unspecified atom stereocenters. The molecule has 138 valence electrons. The summed E-state index contributed by atoms with van der Waals surface area (Å²) in [6.45, 7) is 4.21. The number of alkyl halides is 3. The monoisotopic (exact) mass is 377 g/mol. The predicted octanol–water partition coefficient (Wildman–Crippen LogP) is 6.84. The van der Waals surface area contributed by atoms with E-state index in [9.17, 15) is 13.2 Å². The van der Waals surface area contributed by atoms with Crippen LogP contribution < -0.4 is 0 Å². The van der Waals surface area contributed by atoms with Crippen molar-refractivity contribution in [2.45, 2.75) is 31.7 Å². The van der Waals surface area contributed by atoms with Gasteiger partial charge in [0.1, 0.15) is 0 Å². The highest BCUT2D eigenvalue weighted by atomic mass is 32.2. The van der Waals surface area contributed by atoms with Crippen molar-refractivity contribution in [3.05, 3.63) is 70.9 Å². The maximum atomic E-state index is 12.9. The maximum Gasteiger partial charge on any atom is 0.416 e. The number of rotatable bonds is 5. The Hall–Kier alpha value is -1.88. The fraction of sp³-hybridized carbons (Fsp3) is 0.333. The molecule has 2 aromatic carbocycles. The summed E-state index contributed by atoms with van der Waals surface area (Å²) >= 11 is 1.77. The Kier molecular flexibility index (Phi) is 5.37. The molecule has 26 heavy (non-hydrogen) atoms. The molecule has 3 rings (SSSR count). The summed E-state index contributed by atoms with van der Waals surface area (Å²) in [4.78, 5) is 3.39. The van der Waals surface area contributed by atoms with Crippen molar-refractivity contribution in [1.82, 2.24) is 4.98 Å². The Balaban J connectivity index is 2.06. The van der Waals surface area contributed by atoms with Gasteiger partial charge in [0.2, 0.25) is 0 Å². The lowest BCUT2D eigenvalue weighted by Gasteiger charge is -2.22. The molecule has 1 atom stereocenters. The minimum atomic E-state index is -4.31. The minimum Gasteiger partial charge on any atom is -0.361 e. The van der Waals surface area contributed by atoms with Crippen molar-refractivity contribution >= 4 is 22.7 Å². The first-order valence-corrected chi connectivity index (χ1v) is 9.97. The lowest BCUT2D eigenvalue weighted by atomic mass is 9.82. The highest BCUT2D eigenvalue weighted by Gasteiger charge is 2.31. The number of aromatic amines is 1. The third-order valence-electron chi connectivity index (χ3n) is 4.73. The second kappa shape index (κ2) is 7.39. The average molecular weight is 377 g/mol. The van der Waals surface area contributed by atoms with Crippen LogP contribution in [-0.4, -0.2) is 11.2 Å². The summed E-state index contributed by atoms with van der Waals surface area (Å²) in [5, 5.41) is 1.15. The third-order valence-corrected chi connectivity index (χ3v) is 5.33. The van der Waals surface area contributed by atoms with Crippen LogP contribution in [0.3, 0.4) is 0 Å². The van der Waals surface area contributed by atoms with E-state index in [0.29, 0.717) is 0 Å². The number of aromatic nitrogens is 1.